The van der Waals surface area contributed by atoms with Crippen LogP contribution in [0.15, 0.2) is 85.0 Å². The standard InChI is InChI=1S/C41H49.C9H18.C5H5.2ClH.Zr/c1-38(2,3)30-17-13-26(14-18-30)34-22-28-21-29-23-35(27-15-19-31(20-16-27)39(4,5)6)37(41(10,11)12)25-33(29)32(28)24-36(34)40(7,8)9;1-3-5-7-9-8-6-4-2;1-2-4-5-3-1;;;/h13-20,22,24-25H,21H2,1-12H3;3-8H2,1-2H3;1-3H,4H2;2*1H;/q-1;;-1;;;+2/p-2. The van der Waals surface area contributed by atoms with Gasteiger partial charge in [0.2, 0.25) is 0 Å². The Kier molecular flexibility index (Phi) is 19.6. The van der Waals surface area contributed by atoms with Crippen LogP contribution in [0.4, 0.5) is 0 Å². The molecule has 0 heterocycles. The van der Waals surface area contributed by atoms with Crippen LogP contribution in [-0.4, -0.2) is 3.21 Å². The summed E-state index contributed by atoms with van der Waals surface area (Å²) >= 11 is 1.67. The maximum absolute atomic E-state index is 3.96. The molecule has 0 atom stereocenters. The second kappa shape index (κ2) is 22.0. The van der Waals surface area contributed by atoms with E-state index in [2.05, 4.69) is 182 Å². The third-order valence-electron chi connectivity index (χ3n) is 11.0. The van der Waals surface area contributed by atoms with Gasteiger partial charge in [0.25, 0.3) is 0 Å². The molecular weight excluding hydrogens is 823 g/mol. The summed E-state index contributed by atoms with van der Waals surface area (Å²) in [5.74, 6) is 0. The van der Waals surface area contributed by atoms with Crippen molar-refractivity contribution in [3.63, 3.8) is 0 Å². The predicted octanol–water partition coefficient (Wildman–Crippen LogP) is 9.98. The number of allylic oxidation sites excluding steroid dienone is 4. The molecule has 0 spiro atoms. The third kappa shape index (κ3) is 14.1. The fourth-order valence-electron chi connectivity index (χ4n) is 7.41. The molecule has 0 bridgehead atoms. The minimum absolute atomic E-state index is 0. The van der Waals surface area contributed by atoms with E-state index >= 15 is 0 Å². The zero-order valence-corrected chi connectivity index (χ0v) is 42.5. The zero-order valence-electron chi connectivity index (χ0n) is 38.5. The summed E-state index contributed by atoms with van der Waals surface area (Å²) in [5, 5.41) is 0. The quantitative estimate of drug-likeness (QED) is 0.136. The molecule has 0 nitrogen and oxygen atoms in total. The van der Waals surface area contributed by atoms with Gasteiger partial charge in [0.1, 0.15) is 0 Å². The van der Waals surface area contributed by atoms with Crippen LogP contribution < -0.4 is 24.8 Å². The molecule has 3 heteroatoms. The number of fused-ring (bicyclic) bond motifs is 3. The van der Waals surface area contributed by atoms with Gasteiger partial charge in [0.05, 0.1) is 0 Å². The Morgan fingerprint density at radius 2 is 1.07 bits per heavy atom. The van der Waals surface area contributed by atoms with Crippen molar-refractivity contribution in [2.45, 2.75) is 170 Å². The van der Waals surface area contributed by atoms with E-state index < -0.39 is 0 Å². The van der Waals surface area contributed by atoms with Crippen LogP contribution in [0, 0.1) is 12.1 Å². The van der Waals surface area contributed by atoms with Gasteiger partial charge in [0.15, 0.2) is 0 Å². The number of hydrogen-bond donors (Lipinski definition) is 0. The summed E-state index contributed by atoms with van der Waals surface area (Å²) in [7, 11) is 0. The van der Waals surface area contributed by atoms with Crippen molar-refractivity contribution < 1.29 is 49.0 Å². The normalized spacial score (nSPS) is 13.0. The van der Waals surface area contributed by atoms with Crippen LogP contribution in [0.2, 0.25) is 0 Å². The molecule has 0 saturated heterocycles. The summed E-state index contributed by atoms with van der Waals surface area (Å²) in [6.07, 6.45) is 19.2. The van der Waals surface area contributed by atoms with Crippen molar-refractivity contribution in [1.29, 1.82) is 0 Å². The smallest absolute Gasteiger partial charge is 0.109 e. The first-order valence-corrected chi connectivity index (χ1v) is 22.6. The SMILES string of the molecule is CC(C)(C)c1ccc(-c2[c-]c3c(cc2C(C)(C)C)-c2cc(C(C)(C)C)c(-c4ccc(C(C)(C)C)cc4)cc2C3)cc1.CCCC[C](=[Zr+2])CCCC.[C-]1=CC=CC1.[Cl-].[Cl-]. The van der Waals surface area contributed by atoms with Gasteiger partial charge in [-0.25, -0.2) is 12.2 Å². The van der Waals surface area contributed by atoms with Crippen molar-refractivity contribution in [2.75, 3.05) is 0 Å². The molecule has 6 rings (SSSR count). The summed E-state index contributed by atoms with van der Waals surface area (Å²) in [6.45, 7) is 32.2. The van der Waals surface area contributed by atoms with E-state index in [1.165, 1.54) is 105 Å². The van der Waals surface area contributed by atoms with E-state index in [-0.39, 0.29) is 46.5 Å². The summed E-state index contributed by atoms with van der Waals surface area (Å²) in [5.41, 5.74) is 16.5. The van der Waals surface area contributed by atoms with Crippen LogP contribution in [0.5, 0.6) is 0 Å². The Labute approximate surface area is 383 Å². The van der Waals surface area contributed by atoms with Gasteiger partial charge >= 0.3 is 79.8 Å². The number of benzene rings is 4. The number of hydrogen-bond acceptors (Lipinski definition) is 0. The van der Waals surface area contributed by atoms with Gasteiger partial charge in [-0.15, -0.1) is 35.2 Å². The van der Waals surface area contributed by atoms with Crippen LogP contribution in [0.3, 0.4) is 0 Å². The molecule has 0 amide bonds. The fourth-order valence-corrected chi connectivity index (χ4v) is 8.28. The van der Waals surface area contributed by atoms with Gasteiger partial charge in [-0.3, -0.25) is 6.08 Å². The summed E-state index contributed by atoms with van der Waals surface area (Å²) in [6, 6.07) is 29.9. The van der Waals surface area contributed by atoms with Crippen LogP contribution in [0.25, 0.3) is 33.4 Å². The van der Waals surface area contributed by atoms with Crippen LogP contribution >= 0.6 is 0 Å². The summed E-state index contributed by atoms with van der Waals surface area (Å²) < 4.78 is 1.79. The number of halogens is 2. The van der Waals surface area contributed by atoms with Gasteiger partial charge in [-0.05, 0) is 61.5 Å². The Morgan fingerprint density at radius 1 is 0.586 bits per heavy atom. The first-order chi connectivity index (χ1) is 26.1. The molecule has 0 radical (unpaired) electrons. The monoisotopic (exact) mass is 892 g/mol. The van der Waals surface area contributed by atoms with Crippen molar-refractivity contribution >= 4 is 3.21 Å². The Balaban J connectivity index is 0.000000576. The Bertz CT molecular complexity index is 1840. The van der Waals surface area contributed by atoms with Gasteiger partial charge in [0, 0.05) is 0 Å². The molecule has 0 aliphatic heterocycles. The van der Waals surface area contributed by atoms with E-state index in [4.69, 9.17) is 0 Å². The minimum atomic E-state index is 0. The van der Waals surface area contributed by atoms with Crippen molar-refractivity contribution in [1.82, 2.24) is 0 Å². The first-order valence-electron chi connectivity index (χ1n) is 21.4. The molecular formula is C55H72Cl2Zr-2. The van der Waals surface area contributed by atoms with Gasteiger partial charge in [-0.2, -0.15) is 6.08 Å². The fraction of sp³-hybridized carbons (Fsp3) is 0.473. The van der Waals surface area contributed by atoms with Gasteiger partial charge < -0.3 is 24.8 Å². The zero-order chi connectivity index (χ0) is 41.5. The molecule has 4 aromatic rings. The topological polar surface area (TPSA) is 0 Å². The summed E-state index contributed by atoms with van der Waals surface area (Å²) in [4.78, 5) is 0. The van der Waals surface area contributed by atoms with Crippen molar-refractivity contribution in [2.24, 2.45) is 0 Å². The molecule has 312 valence electrons. The van der Waals surface area contributed by atoms with E-state index in [0.29, 0.717) is 0 Å². The second-order valence-electron chi connectivity index (χ2n) is 20.2. The van der Waals surface area contributed by atoms with Gasteiger partial charge in [-0.1, -0.05) is 160 Å². The Hall–Kier alpha value is -2.31. The molecule has 0 aromatic heterocycles. The third-order valence-corrected chi connectivity index (χ3v) is 12.3. The molecule has 0 fully saturated rings. The first kappa shape index (κ1) is 51.8. The number of rotatable bonds is 8. The average molecular weight is 895 g/mol. The second-order valence-corrected chi connectivity index (χ2v) is 21.9. The maximum atomic E-state index is 3.96. The van der Waals surface area contributed by atoms with E-state index in [1.807, 2.05) is 12.2 Å². The maximum Gasteiger partial charge on any atom is -0.109 e. The molecule has 4 aromatic carbocycles. The Morgan fingerprint density at radius 3 is 1.47 bits per heavy atom. The van der Waals surface area contributed by atoms with Crippen LogP contribution in [-0.2, 0) is 52.3 Å². The molecule has 0 unspecified atom stereocenters. The largest absolute Gasteiger partial charge is 1.00 e. The van der Waals surface area contributed by atoms with Crippen molar-refractivity contribution in [3.8, 4) is 33.4 Å². The predicted molar refractivity (Wildman–Crippen MR) is 245 cm³/mol. The number of unbranched alkanes of at least 4 members (excludes halogenated alkanes) is 2. The van der Waals surface area contributed by atoms with Crippen LogP contribution in [0.1, 0.15) is 175 Å². The molecule has 0 N–H and O–H groups in total. The molecule has 0 saturated carbocycles. The average Bonchev–Trinajstić information content (AvgIpc) is 3.83. The van der Waals surface area contributed by atoms with E-state index in [0.717, 1.165) is 12.8 Å². The molecule has 58 heavy (non-hydrogen) atoms. The molecule has 2 aliphatic rings. The minimum Gasteiger partial charge on any atom is -1.00 e. The van der Waals surface area contributed by atoms with E-state index in [9.17, 15) is 0 Å². The van der Waals surface area contributed by atoms with E-state index in [1.54, 1.807) is 27.4 Å². The molecule has 2 aliphatic carbocycles. The van der Waals surface area contributed by atoms with Crippen molar-refractivity contribution in [3.05, 3.63) is 130 Å².